The van der Waals surface area contributed by atoms with Crippen LogP contribution >= 0.6 is 39.0 Å². The maximum atomic E-state index is 12.9. The molecule has 28 heavy (non-hydrogen) atoms. The van der Waals surface area contributed by atoms with Gasteiger partial charge in [0, 0.05) is 46.4 Å². The third-order valence-corrected chi connectivity index (χ3v) is 7.20. The first kappa shape index (κ1) is 19.7. The minimum absolute atomic E-state index is 0.124. The normalized spacial score (nSPS) is 14.9. The fourth-order valence-electron chi connectivity index (χ4n) is 3.28. The van der Waals surface area contributed by atoms with Gasteiger partial charge in [-0.1, -0.05) is 47.2 Å². The van der Waals surface area contributed by atoms with Crippen LogP contribution in [0.2, 0.25) is 0 Å². The number of rotatable bonds is 4. The molecule has 1 fully saturated rings. The molecule has 1 saturated heterocycles. The summed E-state index contributed by atoms with van der Waals surface area (Å²) in [6.45, 7) is 7.40. The molecule has 1 aliphatic heterocycles. The third kappa shape index (κ3) is 4.36. The molecule has 7 heteroatoms. The monoisotopic (exact) mass is 475 g/mol. The van der Waals surface area contributed by atoms with Crippen LogP contribution in [-0.4, -0.2) is 47.2 Å². The van der Waals surface area contributed by atoms with Crippen LogP contribution in [-0.2, 0) is 0 Å². The molecule has 0 aliphatic carbocycles. The van der Waals surface area contributed by atoms with E-state index in [2.05, 4.69) is 46.8 Å². The average molecular weight is 476 g/mol. The minimum atomic E-state index is 0.124. The molecule has 1 aliphatic rings. The Bertz CT molecular complexity index is 996. The summed E-state index contributed by atoms with van der Waals surface area (Å²) in [5, 5.41) is 1.54. The summed E-state index contributed by atoms with van der Waals surface area (Å²) in [6.07, 6.45) is 0. The lowest BCUT2D eigenvalue weighted by Crippen LogP contribution is -2.48. The molecular formula is C21H22BrN3OS2. The standard InChI is InChI=1S/C21H22BrN3OS2/c1-14(2)27-17-5-3-4-15(12-17)20(26)24-8-10-25(11-9-24)21-23-18-7-6-16(22)13-19(18)28-21/h3-7,12-14H,8-11H2,1-2H3. The van der Waals surface area contributed by atoms with Crippen LogP contribution in [0.4, 0.5) is 5.13 Å². The Morgan fingerprint density at radius 3 is 2.68 bits per heavy atom. The fraction of sp³-hybridized carbons (Fsp3) is 0.333. The van der Waals surface area contributed by atoms with Crippen molar-refractivity contribution in [3.63, 3.8) is 0 Å². The summed E-state index contributed by atoms with van der Waals surface area (Å²) in [5.74, 6) is 0.124. The number of piperazine rings is 1. The Hall–Kier alpha value is -1.57. The zero-order valence-corrected chi connectivity index (χ0v) is 19.1. The van der Waals surface area contributed by atoms with Crippen molar-refractivity contribution >= 4 is 60.3 Å². The molecule has 0 atom stereocenters. The number of nitrogens with zero attached hydrogens (tertiary/aromatic N) is 3. The number of hydrogen-bond acceptors (Lipinski definition) is 5. The zero-order chi connectivity index (χ0) is 19.7. The number of carbonyl (C=O) groups excluding carboxylic acids is 1. The summed E-state index contributed by atoms with van der Waals surface area (Å²) in [6, 6.07) is 14.2. The molecule has 4 nitrogen and oxygen atoms in total. The highest BCUT2D eigenvalue weighted by atomic mass is 79.9. The van der Waals surface area contributed by atoms with E-state index in [4.69, 9.17) is 4.98 Å². The number of amides is 1. The molecular weight excluding hydrogens is 454 g/mol. The van der Waals surface area contributed by atoms with E-state index in [0.717, 1.165) is 51.8 Å². The molecule has 2 aromatic carbocycles. The van der Waals surface area contributed by atoms with Gasteiger partial charge >= 0.3 is 0 Å². The number of carbonyl (C=O) groups is 1. The Labute approximate surface area is 182 Å². The van der Waals surface area contributed by atoms with E-state index >= 15 is 0 Å². The van der Waals surface area contributed by atoms with Crippen molar-refractivity contribution in [3.8, 4) is 0 Å². The van der Waals surface area contributed by atoms with Gasteiger partial charge in [0.15, 0.2) is 5.13 Å². The number of halogens is 1. The van der Waals surface area contributed by atoms with E-state index in [9.17, 15) is 4.79 Å². The topological polar surface area (TPSA) is 36.4 Å². The fourth-order valence-corrected chi connectivity index (χ4v) is 5.75. The van der Waals surface area contributed by atoms with Gasteiger partial charge in [0.2, 0.25) is 0 Å². The summed E-state index contributed by atoms with van der Waals surface area (Å²) in [5.41, 5.74) is 1.81. The van der Waals surface area contributed by atoms with Crippen molar-refractivity contribution in [1.82, 2.24) is 9.88 Å². The summed E-state index contributed by atoms with van der Waals surface area (Å²) >= 11 is 7.02. The number of aromatic nitrogens is 1. The van der Waals surface area contributed by atoms with E-state index in [1.807, 2.05) is 35.2 Å². The van der Waals surface area contributed by atoms with Crippen LogP contribution < -0.4 is 4.90 Å². The van der Waals surface area contributed by atoms with E-state index in [1.165, 1.54) is 4.70 Å². The number of hydrogen-bond donors (Lipinski definition) is 0. The van der Waals surface area contributed by atoms with E-state index < -0.39 is 0 Å². The van der Waals surface area contributed by atoms with Crippen LogP contribution in [0, 0.1) is 0 Å². The van der Waals surface area contributed by atoms with Crippen molar-refractivity contribution in [2.75, 3.05) is 31.1 Å². The Balaban J connectivity index is 1.42. The predicted octanol–water partition coefficient (Wildman–Crippen LogP) is 5.52. The second-order valence-corrected chi connectivity index (χ2v) is 10.7. The number of anilines is 1. The lowest BCUT2D eigenvalue weighted by atomic mass is 10.2. The Morgan fingerprint density at radius 2 is 1.93 bits per heavy atom. The van der Waals surface area contributed by atoms with E-state index in [0.29, 0.717) is 5.25 Å². The summed E-state index contributed by atoms with van der Waals surface area (Å²) in [4.78, 5) is 23.1. The molecule has 0 unspecified atom stereocenters. The molecule has 0 spiro atoms. The molecule has 2 heterocycles. The lowest BCUT2D eigenvalue weighted by molar-refractivity contribution is 0.0746. The highest BCUT2D eigenvalue weighted by Gasteiger charge is 2.24. The minimum Gasteiger partial charge on any atom is -0.345 e. The third-order valence-electron chi connectivity index (χ3n) is 4.63. The van der Waals surface area contributed by atoms with Crippen molar-refractivity contribution in [3.05, 3.63) is 52.5 Å². The van der Waals surface area contributed by atoms with Crippen LogP contribution in [0.3, 0.4) is 0 Å². The van der Waals surface area contributed by atoms with E-state index in [-0.39, 0.29) is 5.91 Å². The SMILES string of the molecule is CC(C)Sc1cccc(C(=O)N2CCN(c3nc4ccc(Br)cc4s3)CC2)c1. The second-order valence-electron chi connectivity index (χ2n) is 7.08. The number of benzene rings is 2. The maximum absolute atomic E-state index is 12.9. The van der Waals surface area contributed by atoms with Gasteiger partial charge in [-0.05, 0) is 36.4 Å². The Kier molecular flexibility index (Phi) is 5.94. The molecule has 3 aromatic rings. The second kappa shape index (κ2) is 8.43. The average Bonchev–Trinajstić information content (AvgIpc) is 3.10. The van der Waals surface area contributed by atoms with Gasteiger partial charge in [-0.3, -0.25) is 4.79 Å². The van der Waals surface area contributed by atoms with Gasteiger partial charge in [0.1, 0.15) is 0 Å². The first-order chi connectivity index (χ1) is 13.5. The molecule has 1 aromatic heterocycles. The number of fused-ring (bicyclic) bond motifs is 1. The number of thiazole rings is 1. The Morgan fingerprint density at radius 1 is 1.14 bits per heavy atom. The molecule has 1 amide bonds. The van der Waals surface area contributed by atoms with Gasteiger partial charge in [0.25, 0.3) is 5.91 Å². The van der Waals surface area contributed by atoms with E-state index in [1.54, 1.807) is 23.1 Å². The quantitative estimate of drug-likeness (QED) is 0.465. The molecule has 4 rings (SSSR count). The lowest BCUT2D eigenvalue weighted by Gasteiger charge is -2.34. The first-order valence-corrected chi connectivity index (χ1v) is 11.9. The first-order valence-electron chi connectivity index (χ1n) is 9.36. The van der Waals surface area contributed by atoms with Crippen LogP contribution in [0.15, 0.2) is 51.8 Å². The van der Waals surface area contributed by atoms with Gasteiger partial charge in [0.05, 0.1) is 10.2 Å². The zero-order valence-electron chi connectivity index (χ0n) is 15.9. The molecule has 0 radical (unpaired) electrons. The molecule has 0 bridgehead atoms. The van der Waals surface area contributed by atoms with Crippen molar-refractivity contribution in [2.24, 2.45) is 0 Å². The van der Waals surface area contributed by atoms with Gasteiger partial charge in [-0.2, -0.15) is 0 Å². The number of thioether (sulfide) groups is 1. The van der Waals surface area contributed by atoms with Crippen LogP contribution in [0.5, 0.6) is 0 Å². The summed E-state index contributed by atoms with van der Waals surface area (Å²) in [7, 11) is 0. The highest BCUT2D eigenvalue weighted by Crippen LogP contribution is 2.31. The maximum Gasteiger partial charge on any atom is 0.254 e. The van der Waals surface area contributed by atoms with Crippen molar-refractivity contribution in [1.29, 1.82) is 0 Å². The van der Waals surface area contributed by atoms with Crippen LogP contribution in [0.25, 0.3) is 10.2 Å². The van der Waals surface area contributed by atoms with Crippen molar-refractivity contribution in [2.45, 2.75) is 24.0 Å². The molecule has 146 valence electrons. The van der Waals surface area contributed by atoms with Crippen molar-refractivity contribution < 1.29 is 4.79 Å². The van der Waals surface area contributed by atoms with Gasteiger partial charge in [-0.25, -0.2) is 4.98 Å². The van der Waals surface area contributed by atoms with Crippen LogP contribution in [0.1, 0.15) is 24.2 Å². The molecule has 0 saturated carbocycles. The van der Waals surface area contributed by atoms with Gasteiger partial charge in [-0.15, -0.1) is 11.8 Å². The highest BCUT2D eigenvalue weighted by molar-refractivity contribution is 9.10. The molecule has 0 N–H and O–H groups in total. The largest absolute Gasteiger partial charge is 0.345 e. The summed E-state index contributed by atoms with van der Waals surface area (Å²) < 4.78 is 2.26. The van der Waals surface area contributed by atoms with Gasteiger partial charge < -0.3 is 9.80 Å². The predicted molar refractivity (Wildman–Crippen MR) is 123 cm³/mol. The smallest absolute Gasteiger partial charge is 0.254 e.